The molecule has 2 nitrogen and oxygen atoms in total. The number of thiophene rings is 1. The van der Waals surface area contributed by atoms with E-state index in [0.717, 1.165) is 12.5 Å². The molecule has 1 aliphatic heterocycles. The number of nitrogens with zero attached hydrogens (tertiary/aromatic N) is 1. The smallest absolute Gasteiger partial charge is 0.0338 e. The maximum Gasteiger partial charge on any atom is 0.0338 e. The molecule has 1 aromatic heterocycles. The predicted octanol–water partition coefficient (Wildman–Crippen LogP) is 4.02. The third-order valence-electron chi connectivity index (χ3n) is 6.26. The van der Waals surface area contributed by atoms with Crippen molar-refractivity contribution in [3.05, 3.63) is 22.4 Å². The maximum absolute atomic E-state index is 4.02. The summed E-state index contributed by atoms with van der Waals surface area (Å²) in [7, 11) is 0. The standard InChI is InChI=1S/C18H28N2S/c1-17(16-5-6-16)13-19-18(8-3-2-4-9-18)14-20(17)11-15-7-10-21-12-15/h7,10,12,16,19H,2-6,8-9,11,13-14H2,1H3. The van der Waals surface area contributed by atoms with Gasteiger partial charge in [-0.05, 0) is 60.9 Å². The van der Waals surface area contributed by atoms with Crippen LogP contribution in [0.5, 0.6) is 0 Å². The first-order valence-corrected chi connectivity index (χ1v) is 9.66. The second-order valence-corrected chi connectivity index (χ2v) is 8.59. The van der Waals surface area contributed by atoms with Crippen LogP contribution in [0.3, 0.4) is 0 Å². The van der Waals surface area contributed by atoms with Crippen LogP contribution in [0, 0.1) is 5.92 Å². The summed E-state index contributed by atoms with van der Waals surface area (Å²) in [4.78, 5) is 2.84. The van der Waals surface area contributed by atoms with Gasteiger partial charge >= 0.3 is 0 Å². The average Bonchev–Trinajstić information content (AvgIpc) is 3.24. The highest BCUT2D eigenvalue weighted by Crippen LogP contribution is 2.47. The molecule has 0 aromatic carbocycles. The highest BCUT2D eigenvalue weighted by molar-refractivity contribution is 7.07. The molecule has 1 atom stereocenters. The van der Waals surface area contributed by atoms with Gasteiger partial charge in [0.1, 0.15) is 0 Å². The first-order chi connectivity index (χ1) is 10.2. The molecule has 0 bridgehead atoms. The molecule has 1 saturated heterocycles. The first-order valence-electron chi connectivity index (χ1n) is 8.71. The Morgan fingerprint density at radius 1 is 1.29 bits per heavy atom. The van der Waals surface area contributed by atoms with Gasteiger partial charge in [0.05, 0.1) is 0 Å². The van der Waals surface area contributed by atoms with Gasteiger partial charge in [-0.25, -0.2) is 0 Å². The largest absolute Gasteiger partial charge is 0.308 e. The number of hydrogen-bond acceptors (Lipinski definition) is 3. The summed E-state index contributed by atoms with van der Waals surface area (Å²) < 4.78 is 0. The van der Waals surface area contributed by atoms with Gasteiger partial charge in [0.15, 0.2) is 0 Å². The fraction of sp³-hybridized carbons (Fsp3) is 0.778. The fourth-order valence-electron chi connectivity index (χ4n) is 4.59. The fourth-order valence-corrected chi connectivity index (χ4v) is 5.25. The molecule has 21 heavy (non-hydrogen) atoms. The zero-order chi connectivity index (χ0) is 14.3. The molecule has 3 fully saturated rings. The third kappa shape index (κ3) is 2.69. The molecule has 0 radical (unpaired) electrons. The minimum atomic E-state index is 0.380. The third-order valence-corrected chi connectivity index (χ3v) is 6.99. The number of piperazine rings is 1. The molecule has 116 valence electrons. The van der Waals surface area contributed by atoms with Crippen LogP contribution in [0.4, 0.5) is 0 Å². The van der Waals surface area contributed by atoms with Crippen LogP contribution in [-0.4, -0.2) is 29.1 Å². The van der Waals surface area contributed by atoms with Crippen LogP contribution >= 0.6 is 11.3 Å². The summed E-state index contributed by atoms with van der Waals surface area (Å²) in [5.74, 6) is 0.921. The van der Waals surface area contributed by atoms with Crippen molar-refractivity contribution in [2.45, 2.75) is 69.5 Å². The van der Waals surface area contributed by atoms with Crippen molar-refractivity contribution in [3.63, 3.8) is 0 Å². The van der Waals surface area contributed by atoms with Gasteiger partial charge in [0.25, 0.3) is 0 Å². The Labute approximate surface area is 132 Å². The lowest BCUT2D eigenvalue weighted by atomic mass is 9.76. The molecule has 0 amide bonds. The van der Waals surface area contributed by atoms with Crippen LogP contribution < -0.4 is 5.32 Å². The van der Waals surface area contributed by atoms with Crippen LogP contribution in [-0.2, 0) is 6.54 Å². The highest BCUT2D eigenvalue weighted by Gasteiger charge is 2.51. The average molecular weight is 305 g/mol. The first kappa shape index (κ1) is 14.2. The molecular weight excluding hydrogens is 276 g/mol. The van der Waals surface area contributed by atoms with Crippen molar-refractivity contribution in [2.75, 3.05) is 13.1 Å². The molecule has 2 aliphatic carbocycles. The summed E-state index contributed by atoms with van der Waals surface area (Å²) in [5.41, 5.74) is 2.31. The van der Waals surface area contributed by atoms with E-state index in [9.17, 15) is 0 Å². The van der Waals surface area contributed by atoms with E-state index in [1.807, 2.05) is 11.3 Å². The minimum Gasteiger partial charge on any atom is -0.308 e. The number of hydrogen-bond donors (Lipinski definition) is 1. The number of rotatable bonds is 3. The molecule has 2 saturated carbocycles. The van der Waals surface area contributed by atoms with E-state index in [4.69, 9.17) is 0 Å². The van der Waals surface area contributed by atoms with Crippen LogP contribution in [0.25, 0.3) is 0 Å². The Morgan fingerprint density at radius 3 is 2.76 bits per heavy atom. The van der Waals surface area contributed by atoms with Gasteiger partial charge in [-0.3, -0.25) is 4.90 Å². The summed E-state index contributed by atoms with van der Waals surface area (Å²) >= 11 is 1.84. The van der Waals surface area contributed by atoms with E-state index >= 15 is 0 Å². The zero-order valence-corrected chi connectivity index (χ0v) is 14.1. The van der Waals surface area contributed by atoms with Crippen molar-refractivity contribution in [1.82, 2.24) is 10.2 Å². The van der Waals surface area contributed by atoms with Crippen LogP contribution in [0.1, 0.15) is 57.4 Å². The van der Waals surface area contributed by atoms with Gasteiger partial charge in [-0.2, -0.15) is 11.3 Å². The van der Waals surface area contributed by atoms with Gasteiger partial charge in [-0.15, -0.1) is 0 Å². The topological polar surface area (TPSA) is 15.3 Å². The van der Waals surface area contributed by atoms with E-state index < -0.39 is 0 Å². The lowest BCUT2D eigenvalue weighted by Crippen LogP contribution is -2.69. The minimum absolute atomic E-state index is 0.380. The quantitative estimate of drug-likeness (QED) is 0.907. The van der Waals surface area contributed by atoms with Crippen molar-refractivity contribution in [3.8, 4) is 0 Å². The lowest BCUT2D eigenvalue weighted by Gasteiger charge is -2.55. The van der Waals surface area contributed by atoms with E-state index in [1.165, 1.54) is 63.6 Å². The SMILES string of the molecule is CC1(C2CC2)CNC2(CCCCC2)CN1Cc1ccsc1. The molecule has 1 spiro atoms. The molecular formula is C18H28N2S. The van der Waals surface area contributed by atoms with Crippen molar-refractivity contribution in [1.29, 1.82) is 0 Å². The summed E-state index contributed by atoms with van der Waals surface area (Å²) in [5, 5.41) is 8.58. The van der Waals surface area contributed by atoms with Crippen molar-refractivity contribution >= 4 is 11.3 Å². The summed E-state index contributed by atoms with van der Waals surface area (Å²) in [6.07, 6.45) is 9.91. The van der Waals surface area contributed by atoms with E-state index in [1.54, 1.807) is 0 Å². The molecule has 4 rings (SSSR count). The second kappa shape index (κ2) is 5.36. The zero-order valence-electron chi connectivity index (χ0n) is 13.2. The molecule has 1 N–H and O–H groups in total. The van der Waals surface area contributed by atoms with Crippen LogP contribution in [0.15, 0.2) is 16.8 Å². The Hall–Kier alpha value is -0.380. The monoisotopic (exact) mass is 304 g/mol. The van der Waals surface area contributed by atoms with Crippen molar-refractivity contribution in [2.24, 2.45) is 5.92 Å². The highest BCUT2D eigenvalue weighted by atomic mass is 32.1. The predicted molar refractivity (Wildman–Crippen MR) is 89.7 cm³/mol. The van der Waals surface area contributed by atoms with Gasteiger partial charge < -0.3 is 5.32 Å². The Balaban J connectivity index is 1.56. The van der Waals surface area contributed by atoms with Gasteiger partial charge in [0, 0.05) is 30.7 Å². The normalized spacial score (nSPS) is 33.4. The maximum atomic E-state index is 4.02. The molecule has 1 aromatic rings. The number of nitrogens with one attached hydrogen (secondary N) is 1. The molecule has 3 aliphatic rings. The Morgan fingerprint density at radius 2 is 2.10 bits per heavy atom. The second-order valence-electron chi connectivity index (χ2n) is 7.81. The molecule has 1 unspecified atom stereocenters. The molecule has 2 heterocycles. The van der Waals surface area contributed by atoms with Crippen LogP contribution in [0.2, 0.25) is 0 Å². The summed E-state index contributed by atoms with van der Waals surface area (Å²) in [6, 6.07) is 2.31. The Kier molecular flexibility index (Phi) is 3.63. The summed E-state index contributed by atoms with van der Waals surface area (Å²) in [6.45, 7) is 6.12. The van der Waals surface area contributed by atoms with Gasteiger partial charge in [-0.1, -0.05) is 19.3 Å². The lowest BCUT2D eigenvalue weighted by molar-refractivity contribution is -0.0176. The van der Waals surface area contributed by atoms with E-state index in [-0.39, 0.29) is 0 Å². The van der Waals surface area contributed by atoms with E-state index in [2.05, 4.69) is 34.0 Å². The van der Waals surface area contributed by atoms with Crippen molar-refractivity contribution < 1.29 is 0 Å². The van der Waals surface area contributed by atoms with E-state index in [0.29, 0.717) is 11.1 Å². The Bertz CT molecular complexity index is 473. The van der Waals surface area contributed by atoms with Gasteiger partial charge in [0.2, 0.25) is 0 Å². The molecule has 3 heteroatoms.